The van der Waals surface area contributed by atoms with Crippen LogP contribution in [0.15, 0.2) is 24.3 Å². The molecule has 144 valence electrons. The van der Waals surface area contributed by atoms with Crippen molar-refractivity contribution < 1.29 is 9.53 Å². The first-order chi connectivity index (χ1) is 12.7. The second-order valence-electron chi connectivity index (χ2n) is 7.47. The topological polar surface area (TPSA) is 36.0 Å². The summed E-state index contributed by atoms with van der Waals surface area (Å²) in [5.74, 6) is 1.15. The summed E-state index contributed by atoms with van der Waals surface area (Å²) in [6.07, 6.45) is 5.51. The molecule has 5 nitrogen and oxygen atoms in total. The molecule has 2 saturated heterocycles. The van der Waals surface area contributed by atoms with Crippen LogP contribution in [0.2, 0.25) is 0 Å². The van der Waals surface area contributed by atoms with Crippen LogP contribution >= 0.6 is 0 Å². The second kappa shape index (κ2) is 9.93. The van der Waals surface area contributed by atoms with Crippen LogP contribution in [0.25, 0.3) is 0 Å². The lowest BCUT2D eigenvalue weighted by molar-refractivity contribution is -0.132. The van der Waals surface area contributed by atoms with Gasteiger partial charge in [-0.1, -0.05) is 18.6 Å². The van der Waals surface area contributed by atoms with Crippen LogP contribution in [0.3, 0.4) is 0 Å². The summed E-state index contributed by atoms with van der Waals surface area (Å²) in [6, 6.07) is 8.01. The number of hydrogen-bond donors (Lipinski definition) is 0. The number of piperidine rings is 1. The van der Waals surface area contributed by atoms with Gasteiger partial charge in [0.15, 0.2) is 0 Å². The molecule has 0 aromatic heterocycles. The molecule has 2 aliphatic rings. The Morgan fingerprint density at radius 3 is 2.12 bits per heavy atom. The third kappa shape index (κ3) is 5.71. The summed E-state index contributed by atoms with van der Waals surface area (Å²) in [6.45, 7) is 8.65. The number of hydrogen-bond acceptors (Lipinski definition) is 4. The zero-order valence-corrected chi connectivity index (χ0v) is 16.2. The fourth-order valence-electron chi connectivity index (χ4n) is 3.89. The first-order valence-electron chi connectivity index (χ1n) is 10.1. The zero-order valence-electron chi connectivity index (χ0n) is 16.2. The highest BCUT2D eigenvalue weighted by Crippen LogP contribution is 2.14. The number of benzene rings is 1. The Hall–Kier alpha value is -1.59. The summed E-state index contributed by atoms with van der Waals surface area (Å²) in [7, 11) is 1.67. The number of aryl methyl sites for hydroxylation is 1. The Morgan fingerprint density at radius 2 is 1.50 bits per heavy atom. The molecule has 26 heavy (non-hydrogen) atoms. The standard InChI is InChI=1S/C21H33N3O2/c1-26-20-8-5-19(6-9-20)7-10-21(25)24-17-15-23(16-18-24)14-13-22-11-3-2-4-12-22/h5-6,8-9H,2-4,7,10-18H2,1H3. The first kappa shape index (κ1) is 19.2. The summed E-state index contributed by atoms with van der Waals surface area (Å²) in [5.41, 5.74) is 1.19. The van der Waals surface area contributed by atoms with Gasteiger partial charge in [-0.3, -0.25) is 9.69 Å². The van der Waals surface area contributed by atoms with Crippen LogP contribution < -0.4 is 4.74 Å². The molecular formula is C21H33N3O2. The number of amides is 1. The minimum absolute atomic E-state index is 0.288. The predicted octanol–water partition coefficient (Wildman–Crippen LogP) is 2.26. The van der Waals surface area contributed by atoms with E-state index in [0.717, 1.165) is 44.9 Å². The minimum atomic E-state index is 0.288. The van der Waals surface area contributed by atoms with E-state index in [9.17, 15) is 4.79 Å². The Balaban J connectivity index is 1.33. The van der Waals surface area contributed by atoms with Crippen LogP contribution in [0.4, 0.5) is 0 Å². The van der Waals surface area contributed by atoms with Gasteiger partial charge in [0, 0.05) is 45.7 Å². The zero-order chi connectivity index (χ0) is 18.2. The van der Waals surface area contributed by atoms with Gasteiger partial charge >= 0.3 is 0 Å². The third-order valence-electron chi connectivity index (χ3n) is 5.69. The maximum Gasteiger partial charge on any atom is 0.222 e. The van der Waals surface area contributed by atoms with E-state index in [1.807, 2.05) is 29.2 Å². The molecule has 0 spiro atoms. The molecule has 2 aliphatic heterocycles. The van der Waals surface area contributed by atoms with E-state index >= 15 is 0 Å². The molecule has 0 N–H and O–H groups in total. The Kier molecular flexibility index (Phi) is 7.32. The fraction of sp³-hybridized carbons (Fsp3) is 0.667. The molecule has 0 bridgehead atoms. The first-order valence-corrected chi connectivity index (χ1v) is 10.1. The van der Waals surface area contributed by atoms with Crippen LogP contribution in [0.5, 0.6) is 5.75 Å². The molecule has 1 aromatic rings. The van der Waals surface area contributed by atoms with Gasteiger partial charge in [0.2, 0.25) is 5.91 Å². The maximum absolute atomic E-state index is 12.5. The molecule has 2 heterocycles. The highest BCUT2D eigenvalue weighted by molar-refractivity contribution is 5.76. The van der Waals surface area contributed by atoms with Crippen molar-refractivity contribution in [2.45, 2.75) is 32.1 Å². The van der Waals surface area contributed by atoms with E-state index in [1.165, 1.54) is 44.5 Å². The van der Waals surface area contributed by atoms with Gasteiger partial charge in [-0.25, -0.2) is 0 Å². The molecule has 5 heteroatoms. The van der Waals surface area contributed by atoms with Crippen LogP contribution in [0.1, 0.15) is 31.2 Å². The highest BCUT2D eigenvalue weighted by atomic mass is 16.5. The largest absolute Gasteiger partial charge is 0.497 e. The summed E-state index contributed by atoms with van der Waals surface area (Å²) >= 11 is 0. The molecule has 0 atom stereocenters. The van der Waals surface area contributed by atoms with Crippen molar-refractivity contribution >= 4 is 5.91 Å². The lowest BCUT2D eigenvalue weighted by atomic mass is 10.1. The molecule has 2 fully saturated rings. The van der Waals surface area contributed by atoms with E-state index in [-0.39, 0.29) is 5.91 Å². The number of carbonyl (C=O) groups is 1. The van der Waals surface area contributed by atoms with Crippen LogP contribution in [-0.2, 0) is 11.2 Å². The molecule has 1 amide bonds. The van der Waals surface area contributed by atoms with E-state index < -0.39 is 0 Å². The van der Waals surface area contributed by atoms with Crippen molar-refractivity contribution in [3.8, 4) is 5.75 Å². The number of methoxy groups -OCH3 is 1. The quantitative estimate of drug-likeness (QED) is 0.748. The predicted molar refractivity (Wildman–Crippen MR) is 105 cm³/mol. The number of likely N-dealkylation sites (tertiary alicyclic amines) is 1. The molecule has 0 radical (unpaired) electrons. The van der Waals surface area contributed by atoms with Gasteiger partial charge in [-0.15, -0.1) is 0 Å². The van der Waals surface area contributed by atoms with Gasteiger partial charge < -0.3 is 14.5 Å². The van der Waals surface area contributed by atoms with Crippen LogP contribution in [-0.4, -0.2) is 80.1 Å². The average Bonchev–Trinajstić information content (AvgIpc) is 2.72. The van der Waals surface area contributed by atoms with E-state index in [4.69, 9.17) is 4.74 Å². The number of rotatable bonds is 7. The fourth-order valence-corrected chi connectivity index (χ4v) is 3.89. The summed E-state index contributed by atoms with van der Waals surface area (Å²) in [5, 5.41) is 0. The maximum atomic E-state index is 12.5. The summed E-state index contributed by atoms with van der Waals surface area (Å²) in [4.78, 5) is 19.6. The molecule has 0 saturated carbocycles. The lowest BCUT2D eigenvalue weighted by Gasteiger charge is -2.36. The molecule has 0 unspecified atom stereocenters. The van der Waals surface area contributed by atoms with Crippen molar-refractivity contribution in [2.75, 3.05) is 59.5 Å². The van der Waals surface area contributed by atoms with Gasteiger partial charge in [0.25, 0.3) is 0 Å². The van der Waals surface area contributed by atoms with E-state index in [0.29, 0.717) is 6.42 Å². The number of piperazine rings is 1. The van der Waals surface area contributed by atoms with E-state index in [2.05, 4.69) is 9.80 Å². The van der Waals surface area contributed by atoms with Crippen molar-refractivity contribution in [1.29, 1.82) is 0 Å². The third-order valence-corrected chi connectivity index (χ3v) is 5.69. The Bertz CT molecular complexity index is 547. The van der Waals surface area contributed by atoms with Gasteiger partial charge in [0.1, 0.15) is 5.75 Å². The van der Waals surface area contributed by atoms with Gasteiger partial charge in [0.05, 0.1) is 7.11 Å². The Morgan fingerprint density at radius 1 is 0.885 bits per heavy atom. The van der Waals surface area contributed by atoms with Crippen molar-refractivity contribution in [2.24, 2.45) is 0 Å². The smallest absolute Gasteiger partial charge is 0.222 e. The molecule has 1 aromatic carbocycles. The van der Waals surface area contributed by atoms with Gasteiger partial charge in [-0.2, -0.15) is 0 Å². The van der Waals surface area contributed by atoms with Crippen molar-refractivity contribution in [3.05, 3.63) is 29.8 Å². The summed E-state index contributed by atoms with van der Waals surface area (Å²) < 4.78 is 5.18. The Labute approximate surface area is 157 Å². The van der Waals surface area contributed by atoms with E-state index in [1.54, 1.807) is 7.11 Å². The van der Waals surface area contributed by atoms with Crippen LogP contribution in [0, 0.1) is 0 Å². The SMILES string of the molecule is COc1ccc(CCC(=O)N2CCN(CCN3CCCCC3)CC2)cc1. The number of carbonyl (C=O) groups excluding carboxylic acids is 1. The molecular weight excluding hydrogens is 326 g/mol. The number of ether oxygens (including phenoxy) is 1. The average molecular weight is 360 g/mol. The molecule has 3 rings (SSSR count). The minimum Gasteiger partial charge on any atom is -0.497 e. The normalized spacial score (nSPS) is 19.5. The van der Waals surface area contributed by atoms with Crippen molar-refractivity contribution in [1.82, 2.24) is 14.7 Å². The lowest BCUT2D eigenvalue weighted by Crippen LogP contribution is -2.50. The molecule has 0 aliphatic carbocycles. The number of nitrogens with zero attached hydrogens (tertiary/aromatic N) is 3. The highest BCUT2D eigenvalue weighted by Gasteiger charge is 2.21. The monoisotopic (exact) mass is 359 g/mol. The second-order valence-corrected chi connectivity index (χ2v) is 7.47. The van der Waals surface area contributed by atoms with Gasteiger partial charge in [-0.05, 0) is 50.0 Å². The van der Waals surface area contributed by atoms with Crippen molar-refractivity contribution in [3.63, 3.8) is 0 Å².